The number of methoxy groups -OCH3 is 1. The van der Waals surface area contributed by atoms with Gasteiger partial charge in [-0.05, 0) is 32.0 Å². The Morgan fingerprint density at radius 2 is 2.11 bits per heavy atom. The van der Waals surface area contributed by atoms with Crippen molar-refractivity contribution in [2.75, 3.05) is 7.11 Å². The lowest BCUT2D eigenvalue weighted by Gasteiger charge is -2.22. The molecule has 0 bridgehead atoms. The van der Waals surface area contributed by atoms with Gasteiger partial charge in [-0.1, -0.05) is 22.0 Å². The predicted molar refractivity (Wildman–Crippen MR) is 75.4 cm³/mol. The Kier molecular flexibility index (Phi) is 3.48. The van der Waals surface area contributed by atoms with Crippen LogP contribution in [-0.4, -0.2) is 17.6 Å². The van der Waals surface area contributed by atoms with Crippen molar-refractivity contribution in [1.82, 2.24) is 4.57 Å². The van der Waals surface area contributed by atoms with Crippen molar-refractivity contribution in [2.45, 2.75) is 20.4 Å². The largest absolute Gasteiger partial charge is 0.469 e. The molecule has 3 nitrogen and oxygen atoms in total. The Hall–Kier alpha value is -1.29. The topological polar surface area (TPSA) is 31.2 Å². The highest BCUT2D eigenvalue weighted by Gasteiger charge is 2.29. The van der Waals surface area contributed by atoms with E-state index in [1.807, 2.05) is 44.3 Å². The normalized spacial score (nSPS) is 11.8. The molecular weight excluding hydrogens is 294 g/mol. The first-order valence-corrected chi connectivity index (χ1v) is 6.57. The second-order valence-corrected chi connectivity index (χ2v) is 5.85. The minimum absolute atomic E-state index is 0.195. The minimum Gasteiger partial charge on any atom is -0.469 e. The van der Waals surface area contributed by atoms with Crippen molar-refractivity contribution in [3.63, 3.8) is 0 Å². The molecule has 18 heavy (non-hydrogen) atoms. The van der Waals surface area contributed by atoms with Gasteiger partial charge in [0.1, 0.15) is 0 Å². The summed E-state index contributed by atoms with van der Waals surface area (Å²) in [7, 11) is 1.43. The molecule has 0 saturated heterocycles. The number of halogens is 1. The van der Waals surface area contributed by atoms with Crippen LogP contribution in [-0.2, 0) is 16.1 Å². The molecule has 0 N–H and O–H groups in total. The van der Waals surface area contributed by atoms with Gasteiger partial charge < -0.3 is 9.30 Å². The van der Waals surface area contributed by atoms with E-state index in [0.717, 1.165) is 15.4 Å². The number of ether oxygens (including phenoxy) is 1. The van der Waals surface area contributed by atoms with Gasteiger partial charge in [0.05, 0.1) is 12.5 Å². The zero-order chi connectivity index (χ0) is 13.3. The maximum atomic E-state index is 11.7. The summed E-state index contributed by atoms with van der Waals surface area (Å²) in [4.78, 5) is 11.7. The minimum atomic E-state index is -0.539. The van der Waals surface area contributed by atoms with Crippen molar-refractivity contribution in [2.24, 2.45) is 5.41 Å². The van der Waals surface area contributed by atoms with Gasteiger partial charge in [0.2, 0.25) is 0 Å². The van der Waals surface area contributed by atoms with E-state index in [9.17, 15) is 4.79 Å². The average molecular weight is 310 g/mol. The number of benzene rings is 1. The number of rotatable bonds is 3. The second-order valence-electron chi connectivity index (χ2n) is 4.99. The Labute approximate surface area is 115 Å². The van der Waals surface area contributed by atoms with Crippen LogP contribution in [0.15, 0.2) is 34.9 Å². The molecule has 0 aliphatic carbocycles. The molecule has 96 valence electrons. The van der Waals surface area contributed by atoms with Crippen molar-refractivity contribution in [3.05, 3.63) is 34.9 Å². The number of nitrogens with zero attached hydrogens (tertiary/aromatic N) is 1. The average Bonchev–Trinajstić information content (AvgIpc) is 2.72. The van der Waals surface area contributed by atoms with E-state index in [1.54, 1.807) is 0 Å². The van der Waals surface area contributed by atoms with Crippen LogP contribution >= 0.6 is 15.9 Å². The van der Waals surface area contributed by atoms with E-state index in [2.05, 4.69) is 20.5 Å². The van der Waals surface area contributed by atoms with Crippen LogP contribution in [0.4, 0.5) is 0 Å². The number of hydrogen-bond acceptors (Lipinski definition) is 2. The van der Waals surface area contributed by atoms with Gasteiger partial charge >= 0.3 is 5.97 Å². The van der Waals surface area contributed by atoms with Gasteiger partial charge in [-0.2, -0.15) is 0 Å². The van der Waals surface area contributed by atoms with Crippen LogP contribution in [0.25, 0.3) is 10.9 Å². The lowest BCUT2D eigenvalue weighted by atomic mass is 9.93. The third-order valence-corrected chi connectivity index (χ3v) is 3.76. The van der Waals surface area contributed by atoms with Gasteiger partial charge in [0.25, 0.3) is 0 Å². The highest BCUT2D eigenvalue weighted by atomic mass is 79.9. The van der Waals surface area contributed by atoms with Crippen molar-refractivity contribution >= 4 is 32.8 Å². The van der Waals surface area contributed by atoms with Crippen LogP contribution in [0.5, 0.6) is 0 Å². The van der Waals surface area contributed by atoms with E-state index in [-0.39, 0.29) is 5.97 Å². The van der Waals surface area contributed by atoms with Gasteiger partial charge in [0, 0.05) is 28.1 Å². The lowest BCUT2D eigenvalue weighted by Crippen LogP contribution is -2.30. The van der Waals surface area contributed by atoms with E-state index in [0.29, 0.717) is 6.54 Å². The van der Waals surface area contributed by atoms with E-state index in [4.69, 9.17) is 4.74 Å². The van der Waals surface area contributed by atoms with Crippen molar-refractivity contribution in [1.29, 1.82) is 0 Å². The monoisotopic (exact) mass is 309 g/mol. The molecule has 1 aromatic heterocycles. The van der Waals surface area contributed by atoms with Crippen LogP contribution in [0.3, 0.4) is 0 Å². The Bertz CT molecular complexity index is 586. The van der Waals surface area contributed by atoms with Gasteiger partial charge in [-0.3, -0.25) is 4.79 Å². The van der Waals surface area contributed by atoms with E-state index in [1.165, 1.54) is 7.11 Å². The molecule has 0 amide bonds. The molecule has 0 unspecified atom stereocenters. The summed E-state index contributed by atoms with van der Waals surface area (Å²) in [6, 6.07) is 8.10. The zero-order valence-corrected chi connectivity index (χ0v) is 12.3. The van der Waals surface area contributed by atoms with Gasteiger partial charge in [0.15, 0.2) is 0 Å². The fraction of sp³-hybridized carbons (Fsp3) is 0.357. The Morgan fingerprint density at radius 1 is 1.39 bits per heavy atom. The molecule has 4 heteroatoms. The maximum absolute atomic E-state index is 11.7. The molecule has 0 aliphatic rings. The first-order chi connectivity index (χ1) is 8.45. The summed E-state index contributed by atoms with van der Waals surface area (Å²) in [6.07, 6.45) is 2.00. The third kappa shape index (κ3) is 2.29. The Balaban J connectivity index is 2.39. The fourth-order valence-corrected chi connectivity index (χ4v) is 2.58. The third-order valence-electron chi connectivity index (χ3n) is 3.06. The molecule has 0 atom stereocenters. The number of hydrogen-bond donors (Lipinski definition) is 0. The summed E-state index contributed by atoms with van der Waals surface area (Å²) in [5, 5.41) is 1.15. The number of carbonyl (C=O) groups excluding carboxylic acids is 1. The quantitative estimate of drug-likeness (QED) is 0.811. The van der Waals surface area contributed by atoms with Crippen LogP contribution < -0.4 is 0 Å². The molecule has 0 saturated carbocycles. The standard InChI is InChI=1S/C14H16BrNO2/c1-14(2,13(17)18-3)9-16-8-7-10-11(15)5-4-6-12(10)16/h4-8H,9H2,1-3H3. The van der Waals surface area contributed by atoms with Crippen LogP contribution in [0.2, 0.25) is 0 Å². The first kappa shape index (κ1) is 13.1. The SMILES string of the molecule is COC(=O)C(C)(C)Cn1ccc2c(Br)cccc21. The highest BCUT2D eigenvalue weighted by Crippen LogP contribution is 2.28. The molecule has 0 radical (unpaired) electrons. The summed E-state index contributed by atoms with van der Waals surface area (Å²) < 4.78 is 7.98. The Morgan fingerprint density at radius 3 is 2.78 bits per heavy atom. The molecule has 0 fully saturated rings. The molecule has 1 heterocycles. The lowest BCUT2D eigenvalue weighted by molar-refractivity contribution is -0.151. The summed E-state index contributed by atoms with van der Waals surface area (Å²) in [5.41, 5.74) is 0.574. The number of fused-ring (bicyclic) bond motifs is 1. The molecule has 0 aliphatic heterocycles. The number of aromatic nitrogens is 1. The van der Waals surface area contributed by atoms with Gasteiger partial charge in [-0.25, -0.2) is 0 Å². The summed E-state index contributed by atoms with van der Waals surface area (Å²) in [5.74, 6) is -0.195. The van der Waals surface area contributed by atoms with Crippen molar-refractivity contribution in [3.8, 4) is 0 Å². The van der Waals surface area contributed by atoms with E-state index < -0.39 is 5.41 Å². The highest BCUT2D eigenvalue weighted by molar-refractivity contribution is 9.10. The first-order valence-electron chi connectivity index (χ1n) is 5.77. The summed E-state index contributed by atoms with van der Waals surface area (Å²) in [6.45, 7) is 4.38. The summed E-state index contributed by atoms with van der Waals surface area (Å²) >= 11 is 3.53. The van der Waals surface area contributed by atoms with Crippen LogP contribution in [0, 0.1) is 5.41 Å². The second kappa shape index (κ2) is 4.76. The number of esters is 1. The predicted octanol–water partition coefficient (Wildman–Crippen LogP) is 3.60. The van der Waals surface area contributed by atoms with Crippen LogP contribution in [0.1, 0.15) is 13.8 Å². The molecule has 0 spiro atoms. The molecular formula is C14H16BrNO2. The molecule has 1 aromatic carbocycles. The van der Waals surface area contributed by atoms with E-state index >= 15 is 0 Å². The number of carbonyl (C=O) groups is 1. The molecule has 2 rings (SSSR count). The van der Waals surface area contributed by atoms with Crippen molar-refractivity contribution < 1.29 is 9.53 Å². The fourth-order valence-electron chi connectivity index (χ4n) is 2.09. The van der Waals surface area contributed by atoms with Gasteiger partial charge in [-0.15, -0.1) is 0 Å². The zero-order valence-electron chi connectivity index (χ0n) is 10.7. The smallest absolute Gasteiger partial charge is 0.313 e. The maximum Gasteiger partial charge on any atom is 0.313 e. The molecule has 2 aromatic rings.